The third kappa shape index (κ3) is 2.87. The van der Waals surface area contributed by atoms with Gasteiger partial charge in [0.2, 0.25) is 5.91 Å². The van der Waals surface area contributed by atoms with Crippen molar-refractivity contribution in [3.63, 3.8) is 0 Å². The number of carbonyl (C=O) groups is 2. The van der Waals surface area contributed by atoms with Gasteiger partial charge in [0.15, 0.2) is 6.10 Å². The molecule has 9 heteroatoms. The quantitative estimate of drug-likeness (QED) is 0.432. The predicted molar refractivity (Wildman–Crippen MR) is 82.7 cm³/mol. The number of pyridine rings is 1. The van der Waals surface area contributed by atoms with E-state index in [1.54, 1.807) is 18.5 Å². The second-order valence-corrected chi connectivity index (χ2v) is 6.49. The molecule has 0 radical (unpaired) electrons. The summed E-state index contributed by atoms with van der Waals surface area (Å²) in [5, 5.41) is 25.4. The molecule has 0 aliphatic carbocycles. The molecule has 3 aliphatic rings. The van der Waals surface area contributed by atoms with Crippen molar-refractivity contribution in [3.8, 4) is 0 Å². The summed E-state index contributed by atoms with van der Waals surface area (Å²) >= 11 is 0. The minimum absolute atomic E-state index is 0. The summed E-state index contributed by atoms with van der Waals surface area (Å²) in [5.74, 6) is -2.39. The van der Waals surface area contributed by atoms with Gasteiger partial charge < -0.3 is 24.7 Å². The van der Waals surface area contributed by atoms with Crippen molar-refractivity contribution < 1.29 is 54.2 Å². The topological polar surface area (TPSA) is 115 Å². The third-order valence-corrected chi connectivity index (χ3v) is 5.01. The molecule has 1 aromatic heterocycles. The van der Waals surface area contributed by atoms with Crippen LogP contribution in [0.4, 0.5) is 0 Å². The van der Waals surface area contributed by atoms with Crippen LogP contribution < -0.4 is 34.7 Å². The van der Waals surface area contributed by atoms with Gasteiger partial charge >= 0.3 is 29.6 Å². The fourth-order valence-corrected chi connectivity index (χ4v) is 3.85. The van der Waals surface area contributed by atoms with Gasteiger partial charge in [-0.05, 0) is 25.5 Å². The molecule has 1 saturated heterocycles. The van der Waals surface area contributed by atoms with Crippen molar-refractivity contribution in [1.29, 1.82) is 0 Å². The van der Waals surface area contributed by atoms with Crippen molar-refractivity contribution in [3.05, 3.63) is 41.4 Å². The van der Waals surface area contributed by atoms with Crippen molar-refractivity contribution in [1.82, 2.24) is 9.88 Å². The Hall–Kier alpha value is -1.74. The number of carboxylic acids is 1. The van der Waals surface area contributed by atoms with Crippen LogP contribution in [0.25, 0.3) is 0 Å². The summed E-state index contributed by atoms with van der Waals surface area (Å²) in [6.07, 6.45) is 2.65. The normalized spacial score (nSPS) is 27.9. The third-order valence-electron chi connectivity index (χ3n) is 5.01. The van der Waals surface area contributed by atoms with Gasteiger partial charge in [0.1, 0.15) is 0 Å². The molecule has 1 N–H and O–H groups in total. The SMILES string of the molecule is C[C@@H](O)[C@H]1C(=O)N2C(C(=O)[O-])=C([C@H]3CC(c4cccnc4)=NO3)C[C@H]12.[Na+]. The summed E-state index contributed by atoms with van der Waals surface area (Å²) in [6, 6.07) is 3.27. The van der Waals surface area contributed by atoms with E-state index in [1.807, 2.05) is 6.07 Å². The first-order chi connectivity index (χ1) is 12.0. The Morgan fingerprint density at radius 3 is 2.85 bits per heavy atom. The number of aliphatic hydroxyl groups is 1. The van der Waals surface area contributed by atoms with Crippen LogP contribution >= 0.6 is 0 Å². The molecular weight excluding hydrogens is 349 g/mol. The van der Waals surface area contributed by atoms with E-state index in [9.17, 15) is 19.8 Å². The van der Waals surface area contributed by atoms with Gasteiger partial charge in [0.05, 0.1) is 35.4 Å². The van der Waals surface area contributed by atoms with E-state index in [0.717, 1.165) is 5.56 Å². The zero-order valence-corrected chi connectivity index (χ0v) is 16.5. The van der Waals surface area contributed by atoms with Crippen LogP contribution in [-0.2, 0) is 14.4 Å². The maximum Gasteiger partial charge on any atom is 1.00 e. The van der Waals surface area contributed by atoms with E-state index in [1.165, 1.54) is 11.8 Å². The number of aliphatic hydroxyl groups excluding tert-OH is 1. The largest absolute Gasteiger partial charge is 1.00 e. The van der Waals surface area contributed by atoms with E-state index in [2.05, 4.69) is 10.1 Å². The summed E-state index contributed by atoms with van der Waals surface area (Å²) in [6.45, 7) is 1.53. The van der Waals surface area contributed by atoms with E-state index < -0.39 is 24.1 Å². The number of fused-ring (bicyclic) bond motifs is 1. The molecule has 1 amide bonds. The number of carbonyl (C=O) groups excluding carboxylic acids is 2. The Balaban J connectivity index is 0.00000196. The molecule has 26 heavy (non-hydrogen) atoms. The second kappa shape index (κ2) is 7.11. The first kappa shape index (κ1) is 19.0. The Labute approximate surface area is 171 Å². The number of hydrogen-bond acceptors (Lipinski definition) is 7. The van der Waals surface area contributed by atoms with Gasteiger partial charge in [-0.15, -0.1) is 0 Å². The van der Waals surface area contributed by atoms with Gasteiger partial charge in [-0.1, -0.05) is 5.16 Å². The average Bonchev–Trinajstić information content (AvgIpc) is 3.17. The van der Waals surface area contributed by atoms with Crippen molar-refractivity contribution >= 4 is 17.6 Å². The summed E-state index contributed by atoms with van der Waals surface area (Å²) in [5.41, 5.74) is 1.83. The van der Waals surface area contributed by atoms with Crippen LogP contribution in [0.1, 0.15) is 25.3 Å². The molecule has 0 saturated carbocycles. The molecule has 4 heterocycles. The fraction of sp³-hybridized carbons (Fsp3) is 0.412. The molecule has 8 nitrogen and oxygen atoms in total. The molecule has 130 valence electrons. The van der Waals surface area contributed by atoms with Gasteiger partial charge in [-0.25, -0.2) is 0 Å². The molecule has 1 fully saturated rings. The van der Waals surface area contributed by atoms with Gasteiger partial charge in [0.25, 0.3) is 0 Å². The molecular formula is C17H16N3NaO5. The monoisotopic (exact) mass is 365 g/mol. The Kier molecular flexibility index (Phi) is 5.21. The number of nitrogens with zero attached hydrogens (tertiary/aromatic N) is 3. The van der Waals surface area contributed by atoms with Crippen LogP contribution in [0.2, 0.25) is 0 Å². The van der Waals surface area contributed by atoms with Crippen molar-refractivity contribution in [2.75, 3.05) is 0 Å². The molecule has 0 unspecified atom stereocenters. The van der Waals surface area contributed by atoms with Crippen LogP contribution in [0.15, 0.2) is 41.0 Å². The molecule has 0 bridgehead atoms. The zero-order chi connectivity index (χ0) is 17.7. The number of amides is 1. The molecule has 4 atom stereocenters. The van der Waals surface area contributed by atoms with Crippen LogP contribution in [0.3, 0.4) is 0 Å². The van der Waals surface area contributed by atoms with Crippen LogP contribution in [0, 0.1) is 5.92 Å². The zero-order valence-electron chi connectivity index (χ0n) is 14.5. The molecule has 3 aliphatic heterocycles. The first-order valence-electron chi connectivity index (χ1n) is 8.07. The van der Waals surface area contributed by atoms with Gasteiger partial charge in [-0.3, -0.25) is 9.78 Å². The van der Waals surface area contributed by atoms with E-state index >= 15 is 0 Å². The van der Waals surface area contributed by atoms with Crippen LogP contribution in [0.5, 0.6) is 0 Å². The Morgan fingerprint density at radius 2 is 2.23 bits per heavy atom. The average molecular weight is 365 g/mol. The number of β-lactam (4-membered cyclic amide) rings is 1. The minimum Gasteiger partial charge on any atom is -0.543 e. The Bertz CT molecular complexity index is 808. The number of rotatable bonds is 4. The van der Waals surface area contributed by atoms with Crippen molar-refractivity contribution in [2.45, 2.75) is 38.0 Å². The molecule has 0 aromatic carbocycles. The standard InChI is InChI=1S/C17H17N3O5.Na/c1-8(21)14-12-5-10(15(17(23)24)20(12)16(14)22)13-6-11(19-25-13)9-3-2-4-18-7-9;/h2-4,7-8,12-14,21H,5-6H2,1H3,(H,23,24);/q;+1/p-1/t8-,12-,13-,14-;/m1./s1. The maximum atomic E-state index is 12.2. The number of oxime groups is 1. The Morgan fingerprint density at radius 1 is 1.46 bits per heavy atom. The fourth-order valence-electron chi connectivity index (χ4n) is 3.85. The predicted octanol–water partition coefficient (Wildman–Crippen LogP) is -3.81. The summed E-state index contributed by atoms with van der Waals surface area (Å²) in [7, 11) is 0. The van der Waals surface area contributed by atoms with E-state index in [-0.39, 0.29) is 47.2 Å². The van der Waals surface area contributed by atoms with Gasteiger partial charge in [0, 0.05) is 30.0 Å². The minimum atomic E-state index is -1.41. The van der Waals surface area contributed by atoms with Crippen molar-refractivity contribution in [2.24, 2.45) is 11.1 Å². The smallest absolute Gasteiger partial charge is 0.543 e. The molecule has 0 spiro atoms. The van der Waals surface area contributed by atoms with Crippen LogP contribution in [-0.4, -0.2) is 50.8 Å². The molecule has 4 rings (SSSR count). The number of aromatic nitrogens is 1. The summed E-state index contributed by atoms with van der Waals surface area (Å²) in [4.78, 5) is 34.5. The number of aliphatic carboxylic acids is 1. The van der Waals surface area contributed by atoms with Gasteiger partial charge in [-0.2, -0.15) is 0 Å². The maximum absolute atomic E-state index is 12.2. The molecule has 1 aromatic rings. The first-order valence-corrected chi connectivity index (χ1v) is 8.07. The number of hydrogen-bond donors (Lipinski definition) is 1. The van der Waals surface area contributed by atoms with E-state index in [4.69, 9.17) is 4.84 Å². The summed E-state index contributed by atoms with van der Waals surface area (Å²) < 4.78 is 0. The number of carboxylic acid groups (broad SMARTS) is 1. The second-order valence-electron chi connectivity index (χ2n) is 6.49. The van der Waals surface area contributed by atoms with E-state index in [0.29, 0.717) is 24.1 Å².